The van der Waals surface area contributed by atoms with E-state index < -0.39 is 0 Å². The third-order valence-electron chi connectivity index (χ3n) is 2.38. The Morgan fingerprint density at radius 2 is 2.36 bits per heavy atom. The highest BCUT2D eigenvalue weighted by Crippen LogP contribution is 2.35. The summed E-state index contributed by atoms with van der Waals surface area (Å²) in [6.45, 7) is 9.69. The molecule has 0 aliphatic rings. The Balaban J connectivity index is 3.12. The third-order valence-corrected chi connectivity index (χ3v) is 3.68. The number of nitrogens with one attached hydrogen (secondary N) is 1. The average Bonchev–Trinajstić information content (AvgIpc) is 2.60. The monoisotopic (exact) mass is 208 g/mol. The quantitative estimate of drug-likeness (QED) is 0.727. The highest BCUT2D eigenvalue weighted by Gasteiger charge is 2.12. The van der Waals surface area contributed by atoms with E-state index in [4.69, 9.17) is 5.41 Å². The van der Waals surface area contributed by atoms with Gasteiger partial charge in [-0.15, -0.1) is 11.3 Å². The lowest BCUT2D eigenvalue weighted by Gasteiger charge is -2.02. The fourth-order valence-electron chi connectivity index (χ4n) is 1.23. The van der Waals surface area contributed by atoms with Gasteiger partial charge in [-0.3, -0.25) is 4.99 Å². The lowest BCUT2D eigenvalue weighted by Crippen LogP contribution is -1.89. The van der Waals surface area contributed by atoms with Gasteiger partial charge in [0.25, 0.3) is 0 Å². The Kier molecular flexibility index (Phi) is 3.58. The van der Waals surface area contributed by atoms with E-state index in [9.17, 15) is 0 Å². The average molecular weight is 208 g/mol. The minimum Gasteiger partial charge on any atom is -0.305 e. The molecule has 0 aliphatic heterocycles. The van der Waals surface area contributed by atoms with Gasteiger partial charge in [-0.1, -0.05) is 13.8 Å². The summed E-state index contributed by atoms with van der Waals surface area (Å²) in [4.78, 5) is 5.26. The Morgan fingerprint density at radius 3 is 2.71 bits per heavy atom. The molecule has 0 fully saturated rings. The summed E-state index contributed by atoms with van der Waals surface area (Å²) in [5, 5.41) is 8.49. The van der Waals surface area contributed by atoms with Crippen molar-refractivity contribution in [3.05, 3.63) is 16.5 Å². The van der Waals surface area contributed by atoms with Crippen LogP contribution in [0.25, 0.3) is 0 Å². The normalized spacial score (nSPS) is 12.5. The molecule has 14 heavy (non-hydrogen) atoms. The zero-order chi connectivity index (χ0) is 10.7. The summed E-state index contributed by atoms with van der Waals surface area (Å²) in [6, 6.07) is 2.07. The summed E-state index contributed by atoms with van der Waals surface area (Å²) in [6.07, 6.45) is 1.12. The van der Waals surface area contributed by atoms with E-state index >= 15 is 0 Å². The molecule has 1 aromatic heterocycles. The van der Waals surface area contributed by atoms with E-state index in [0.717, 1.165) is 17.0 Å². The van der Waals surface area contributed by atoms with Crippen LogP contribution in [0.15, 0.2) is 11.1 Å². The van der Waals surface area contributed by atoms with Crippen molar-refractivity contribution in [2.45, 2.75) is 33.1 Å². The Bertz CT molecular complexity index is 352. The number of hydrogen-bond donors (Lipinski definition) is 1. The first-order valence-corrected chi connectivity index (χ1v) is 5.57. The van der Waals surface area contributed by atoms with Gasteiger partial charge in [0, 0.05) is 16.2 Å². The van der Waals surface area contributed by atoms with Gasteiger partial charge in [0.05, 0.1) is 0 Å². The maximum atomic E-state index is 7.61. The van der Waals surface area contributed by atoms with Gasteiger partial charge in [0.2, 0.25) is 0 Å². The van der Waals surface area contributed by atoms with Crippen LogP contribution >= 0.6 is 11.3 Å². The molecule has 2 nitrogen and oxygen atoms in total. The second-order valence-electron chi connectivity index (χ2n) is 3.46. The molecular formula is C11H16N2S. The fraction of sp³-hybridized carbons (Fsp3) is 0.455. The molecule has 0 aromatic carbocycles. The first-order chi connectivity index (χ1) is 6.60. The second-order valence-corrected chi connectivity index (χ2v) is 4.52. The summed E-state index contributed by atoms with van der Waals surface area (Å²) in [7, 11) is 0. The zero-order valence-corrected chi connectivity index (χ0v) is 9.74. The van der Waals surface area contributed by atoms with Crippen LogP contribution in [0.2, 0.25) is 0 Å². The lowest BCUT2D eigenvalue weighted by atomic mass is 10.1. The largest absolute Gasteiger partial charge is 0.305 e. The molecule has 0 radical (unpaired) electrons. The number of rotatable bonds is 4. The molecular weight excluding hydrogens is 192 g/mol. The van der Waals surface area contributed by atoms with Crippen molar-refractivity contribution in [1.82, 2.24) is 0 Å². The molecule has 0 amide bonds. The highest BCUT2D eigenvalue weighted by molar-refractivity contribution is 7.16. The fourth-order valence-corrected chi connectivity index (χ4v) is 2.38. The smallest absolute Gasteiger partial charge is 0.124 e. The molecule has 0 saturated carbocycles. The van der Waals surface area contributed by atoms with Crippen molar-refractivity contribution in [1.29, 1.82) is 5.41 Å². The molecule has 0 spiro atoms. The van der Waals surface area contributed by atoms with Gasteiger partial charge in [-0.25, -0.2) is 0 Å². The molecule has 1 aromatic rings. The van der Waals surface area contributed by atoms with Crippen molar-refractivity contribution >= 4 is 28.8 Å². The molecule has 1 N–H and O–H groups in total. The molecule has 1 atom stereocenters. The molecule has 76 valence electrons. The van der Waals surface area contributed by atoms with E-state index in [2.05, 4.69) is 31.6 Å². The van der Waals surface area contributed by atoms with E-state index in [1.54, 1.807) is 18.3 Å². The van der Waals surface area contributed by atoms with Crippen LogP contribution in [0.1, 0.15) is 43.6 Å². The van der Waals surface area contributed by atoms with Crippen LogP contribution < -0.4 is 0 Å². The van der Waals surface area contributed by atoms with Crippen molar-refractivity contribution in [2.24, 2.45) is 4.99 Å². The van der Waals surface area contributed by atoms with Gasteiger partial charge in [0.15, 0.2) is 0 Å². The van der Waals surface area contributed by atoms with Crippen LogP contribution in [0.4, 0.5) is 5.00 Å². The number of aliphatic imine (C=N–C) groups is 1. The lowest BCUT2D eigenvalue weighted by molar-refractivity contribution is 0.748. The molecule has 0 bridgehead atoms. The van der Waals surface area contributed by atoms with Gasteiger partial charge >= 0.3 is 0 Å². The van der Waals surface area contributed by atoms with Crippen LogP contribution in [-0.4, -0.2) is 12.4 Å². The van der Waals surface area contributed by atoms with E-state index in [-0.39, 0.29) is 0 Å². The summed E-state index contributed by atoms with van der Waals surface area (Å²) in [5.41, 5.74) is 1.50. The Labute approximate surface area is 89.2 Å². The molecule has 0 saturated heterocycles. The molecule has 0 aliphatic carbocycles. The van der Waals surface area contributed by atoms with E-state index in [1.807, 2.05) is 0 Å². The summed E-state index contributed by atoms with van der Waals surface area (Å²) < 4.78 is 0. The molecule has 1 rings (SSSR count). The minimum atomic E-state index is 0.550. The van der Waals surface area contributed by atoms with Gasteiger partial charge in [0.1, 0.15) is 5.00 Å². The van der Waals surface area contributed by atoms with Crippen LogP contribution in [0.3, 0.4) is 0 Å². The number of thiophene rings is 1. The maximum absolute atomic E-state index is 7.61. The predicted molar refractivity (Wildman–Crippen MR) is 64.7 cm³/mol. The minimum absolute atomic E-state index is 0.550. The Hall–Kier alpha value is -0.960. The third kappa shape index (κ3) is 2.10. The van der Waals surface area contributed by atoms with Crippen molar-refractivity contribution in [3.63, 3.8) is 0 Å². The maximum Gasteiger partial charge on any atom is 0.124 e. The number of nitrogens with zero attached hydrogens (tertiary/aromatic N) is 1. The predicted octanol–water partition coefficient (Wildman–Crippen LogP) is 3.98. The Morgan fingerprint density at radius 1 is 1.71 bits per heavy atom. The van der Waals surface area contributed by atoms with Crippen molar-refractivity contribution in [3.8, 4) is 0 Å². The first kappa shape index (κ1) is 11.1. The van der Waals surface area contributed by atoms with Crippen molar-refractivity contribution in [2.75, 3.05) is 0 Å². The van der Waals surface area contributed by atoms with Crippen LogP contribution in [-0.2, 0) is 0 Å². The molecule has 1 unspecified atom stereocenters. The van der Waals surface area contributed by atoms with Gasteiger partial charge in [-0.2, -0.15) is 0 Å². The second kappa shape index (κ2) is 4.51. The topological polar surface area (TPSA) is 36.2 Å². The first-order valence-electron chi connectivity index (χ1n) is 4.76. The number of hydrogen-bond acceptors (Lipinski definition) is 3. The van der Waals surface area contributed by atoms with Crippen LogP contribution in [0.5, 0.6) is 0 Å². The molecule has 3 heteroatoms. The van der Waals surface area contributed by atoms with Crippen molar-refractivity contribution < 1.29 is 0 Å². The van der Waals surface area contributed by atoms with Gasteiger partial charge in [-0.05, 0) is 32.0 Å². The van der Waals surface area contributed by atoms with E-state index in [0.29, 0.717) is 11.6 Å². The summed E-state index contributed by atoms with van der Waals surface area (Å²) >= 11 is 1.65. The molecule has 1 heterocycles. The summed E-state index contributed by atoms with van der Waals surface area (Å²) in [5.74, 6) is 0.550. The van der Waals surface area contributed by atoms with Gasteiger partial charge < -0.3 is 5.41 Å². The zero-order valence-electron chi connectivity index (χ0n) is 8.92. The highest BCUT2D eigenvalue weighted by atomic mass is 32.1. The standard InChI is InChI=1S/C11H16N2S/c1-5-7(2)10-6-9(8(3)12)11(13-4)14-10/h6-7,12H,4-5H2,1-3H3. The SMILES string of the molecule is C=Nc1sc(C(C)CC)cc1C(C)=N. The van der Waals surface area contributed by atoms with Crippen LogP contribution in [0, 0.1) is 5.41 Å². The van der Waals surface area contributed by atoms with E-state index in [1.165, 1.54) is 4.88 Å².